The minimum Gasteiger partial charge on any atom is -0.492 e. The lowest BCUT2D eigenvalue weighted by Gasteiger charge is -2.14. The SMILES string of the molecule is NCCOc1cccc(C(O)CNCCc2ccc(S(=O)(=O)Oc3ccc(OCC(=O)OCCc4ccccn4)cc3)cc2)c1. The summed E-state index contributed by atoms with van der Waals surface area (Å²) in [5.41, 5.74) is 7.95. The summed E-state index contributed by atoms with van der Waals surface area (Å²) in [6, 6.07) is 25.1. The van der Waals surface area contributed by atoms with E-state index in [2.05, 4.69) is 10.3 Å². The van der Waals surface area contributed by atoms with Gasteiger partial charge < -0.3 is 34.6 Å². The Morgan fingerprint density at radius 2 is 1.64 bits per heavy atom. The number of nitrogens with two attached hydrogens (primary N) is 1. The summed E-state index contributed by atoms with van der Waals surface area (Å²) in [5.74, 6) is 0.589. The fraction of sp³-hybridized carbons (Fsp3) is 0.273. The summed E-state index contributed by atoms with van der Waals surface area (Å²) in [7, 11) is -4.06. The number of hydrogen-bond donors (Lipinski definition) is 3. The topological polar surface area (TPSA) is 159 Å². The molecule has 0 aliphatic rings. The summed E-state index contributed by atoms with van der Waals surface area (Å²) in [5, 5.41) is 13.7. The second-order valence-electron chi connectivity index (χ2n) is 9.91. The number of benzene rings is 3. The Hall–Kier alpha value is -4.49. The molecule has 0 radical (unpaired) electrons. The number of nitrogens with one attached hydrogen (secondary N) is 1. The minimum atomic E-state index is -4.06. The van der Waals surface area contributed by atoms with Crippen molar-refractivity contribution in [3.8, 4) is 17.2 Å². The minimum absolute atomic E-state index is 0.0140. The van der Waals surface area contributed by atoms with E-state index in [1.165, 1.54) is 36.4 Å². The van der Waals surface area contributed by atoms with Crippen LogP contribution in [0.1, 0.15) is 22.9 Å². The smallest absolute Gasteiger partial charge is 0.344 e. The van der Waals surface area contributed by atoms with Crippen molar-refractivity contribution in [1.82, 2.24) is 10.3 Å². The van der Waals surface area contributed by atoms with Gasteiger partial charge in [0.15, 0.2) is 6.61 Å². The number of rotatable bonds is 18. The molecule has 0 saturated heterocycles. The first-order valence-electron chi connectivity index (χ1n) is 14.5. The summed E-state index contributed by atoms with van der Waals surface area (Å²) in [6.45, 7) is 1.65. The highest BCUT2D eigenvalue weighted by Gasteiger charge is 2.17. The highest BCUT2D eigenvalue weighted by atomic mass is 32.2. The molecule has 1 atom stereocenters. The summed E-state index contributed by atoms with van der Waals surface area (Å²) < 4.78 is 46.9. The van der Waals surface area contributed by atoms with Gasteiger partial charge in [-0.3, -0.25) is 4.98 Å². The fourth-order valence-corrected chi connectivity index (χ4v) is 5.10. The van der Waals surface area contributed by atoms with Crippen molar-refractivity contribution in [2.24, 2.45) is 5.73 Å². The second kappa shape index (κ2) is 17.1. The first kappa shape index (κ1) is 33.4. The molecule has 0 bridgehead atoms. The average molecular weight is 636 g/mol. The van der Waals surface area contributed by atoms with Gasteiger partial charge in [0.25, 0.3) is 0 Å². The lowest BCUT2D eigenvalue weighted by Crippen LogP contribution is -2.23. The van der Waals surface area contributed by atoms with Crippen LogP contribution in [0, 0.1) is 0 Å². The summed E-state index contributed by atoms with van der Waals surface area (Å²) >= 11 is 0. The van der Waals surface area contributed by atoms with E-state index < -0.39 is 22.2 Å². The molecule has 1 unspecified atom stereocenters. The largest absolute Gasteiger partial charge is 0.492 e. The monoisotopic (exact) mass is 635 g/mol. The van der Waals surface area contributed by atoms with E-state index >= 15 is 0 Å². The van der Waals surface area contributed by atoms with E-state index in [9.17, 15) is 18.3 Å². The number of aliphatic hydroxyl groups excluding tert-OH is 1. The van der Waals surface area contributed by atoms with E-state index in [1.54, 1.807) is 24.4 Å². The first-order valence-corrected chi connectivity index (χ1v) is 15.9. The normalized spacial score (nSPS) is 11.9. The van der Waals surface area contributed by atoms with Crippen LogP contribution < -0.4 is 24.7 Å². The molecule has 0 saturated carbocycles. The first-order chi connectivity index (χ1) is 21.8. The molecule has 0 spiro atoms. The van der Waals surface area contributed by atoms with Gasteiger partial charge in [0.05, 0.1) is 12.7 Å². The average Bonchev–Trinajstić information content (AvgIpc) is 3.06. The molecule has 0 amide bonds. The number of nitrogens with zero attached hydrogens (tertiary/aromatic N) is 1. The molecule has 0 aliphatic heterocycles. The van der Waals surface area contributed by atoms with Gasteiger partial charge in [0.1, 0.15) is 28.8 Å². The molecule has 1 heterocycles. The van der Waals surface area contributed by atoms with Crippen LogP contribution in [0.3, 0.4) is 0 Å². The number of carbonyl (C=O) groups excluding carboxylic acids is 1. The number of aliphatic hydroxyl groups is 1. The number of pyridine rings is 1. The van der Waals surface area contributed by atoms with Gasteiger partial charge in [-0.2, -0.15) is 8.42 Å². The van der Waals surface area contributed by atoms with Crippen molar-refractivity contribution >= 4 is 16.1 Å². The highest BCUT2D eigenvalue weighted by molar-refractivity contribution is 7.87. The van der Waals surface area contributed by atoms with Crippen LogP contribution in [-0.4, -0.2) is 63.9 Å². The Labute approximate surface area is 263 Å². The molecule has 1 aromatic heterocycles. The maximum Gasteiger partial charge on any atom is 0.344 e. The van der Waals surface area contributed by atoms with Gasteiger partial charge in [0, 0.05) is 31.4 Å². The molecule has 238 valence electrons. The third-order valence-corrected chi connectivity index (χ3v) is 7.76. The number of esters is 1. The van der Waals surface area contributed by atoms with E-state index in [0.29, 0.717) is 50.6 Å². The molecule has 3 aromatic carbocycles. The zero-order valence-corrected chi connectivity index (χ0v) is 25.5. The van der Waals surface area contributed by atoms with E-state index in [0.717, 1.165) is 16.8 Å². The number of hydrogen-bond acceptors (Lipinski definition) is 11. The number of ether oxygens (including phenoxy) is 3. The highest BCUT2D eigenvalue weighted by Crippen LogP contribution is 2.23. The quantitative estimate of drug-likeness (QED) is 0.0837. The number of aromatic nitrogens is 1. The van der Waals surface area contributed by atoms with Gasteiger partial charge >= 0.3 is 16.1 Å². The second-order valence-corrected chi connectivity index (χ2v) is 11.5. The third kappa shape index (κ3) is 11.2. The van der Waals surface area contributed by atoms with Crippen LogP contribution in [0.4, 0.5) is 0 Å². The van der Waals surface area contributed by atoms with Crippen molar-refractivity contribution in [3.05, 3.63) is 114 Å². The predicted octanol–water partition coefficient (Wildman–Crippen LogP) is 3.22. The molecule has 4 rings (SSSR count). The molecule has 11 nitrogen and oxygen atoms in total. The standard InChI is InChI=1S/C33H37N3O8S/c34-17-21-41-30-6-3-4-26(22-30)32(37)23-35-19-15-25-7-13-31(14-8-25)45(39,40)44-29-11-9-28(10-12-29)43-24-33(38)42-20-16-27-5-1-2-18-36-27/h1-14,18,22,32,35,37H,15-17,19-21,23-24,34H2. The Morgan fingerprint density at radius 3 is 2.38 bits per heavy atom. The third-order valence-electron chi connectivity index (χ3n) is 6.50. The van der Waals surface area contributed by atoms with Crippen molar-refractivity contribution < 1.29 is 36.7 Å². The van der Waals surface area contributed by atoms with Crippen LogP contribution >= 0.6 is 0 Å². The van der Waals surface area contributed by atoms with Gasteiger partial charge in [-0.25, -0.2) is 4.79 Å². The van der Waals surface area contributed by atoms with Gasteiger partial charge in [0.2, 0.25) is 0 Å². The van der Waals surface area contributed by atoms with E-state index in [4.69, 9.17) is 24.1 Å². The van der Waals surface area contributed by atoms with Crippen LogP contribution in [0.25, 0.3) is 0 Å². The molecule has 12 heteroatoms. The Kier molecular flexibility index (Phi) is 12.7. The predicted molar refractivity (Wildman–Crippen MR) is 168 cm³/mol. The van der Waals surface area contributed by atoms with Crippen LogP contribution in [0.15, 0.2) is 102 Å². The van der Waals surface area contributed by atoms with Gasteiger partial charge in [-0.15, -0.1) is 0 Å². The van der Waals surface area contributed by atoms with Crippen LogP contribution in [0.5, 0.6) is 17.2 Å². The van der Waals surface area contributed by atoms with Crippen molar-refractivity contribution in [2.45, 2.75) is 23.8 Å². The van der Waals surface area contributed by atoms with Crippen molar-refractivity contribution in [1.29, 1.82) is 0 Å². The summed E-state index contributed by atoms with van der Waals surface area (Å²) in [4.78, 5) is 16.1. The maximum atomic E-state index is 12.8. The number of carbonyl (C=O) groups is 1. The van der Waals surface area contributed by atoms with Gasteiger partial charge in [-0.1, -0.05) is 30.3 Å². The summed E-state index contributed by atoms with van der Waals surface area (Å²) in [6.07, 6.45) is 2.10. The van der Waals surface area contributed by atoms with Crippen molar-refractivity contribution in [3.63, 3.8) is 0 Å². The Bertz CT molecular complexity index is 1580. The van der Waals surface area contributed by atoms with E-state index in [-0.39, 0.29) is 23.9 Å². The van der Waals surface area contributed by atoms with Crippen LogP contribution in [0.2, 0.25) is 0 Å². The van der Waals surface area contributed by atoms with Crippen molar-refractivity contribution in [2.75, 3.05) is 39.5 Å². The van der Waals surface area contributed by atoms with Gasteiger partial charge in [-0.05, 0) is 84.8 Å². The van der Waals surface area contributed by atoms with Crippen LogP contribution in [-0.2, 0) is 32.5 Å². The Balaban J connectivity index is 1.17. The zero-order chi connectivity index (χ0) is 31.9. The van der Waals surface area contributed by atoms with E-state index in [1.807, 2.05) is 36.4 Å². The molecular weight excluding hydrogens is 598 g/mol. The maximum absolute atomic E-state index is 12.8. The molecule has 45 heavy (non-hydrogen) atoms. The zero-order valence-electron chi connectivity index (χ0n) is 24.7. The lowest BCUT2D eigenvalue weighted by atomic mass is 10.1. The fourth-order valence-electron chi connectivity index (χ4n) is 4.17. The molecule has 4 N–H and O–H groups in total. The Morgan fingerprint density at radius 1 is 0.867 bits per heavy atom. The molecule has 4 aromatic rings. The molecule has 0 fully saturated rings. The lowest BCUT2D eigenvalue weighted by molar-refractivity contribution is -0.145. The molecule has 0 aliphatic carbocycles. The molecular formula is C33H37N3O8S.